The van der Waals surface area contributed by atoms with Crippen LogP contribution >= 0.6 is 0 Å². The summed E-state index contributed by atoms with van der Waals surface area (Å²) in [5, 5.41) is 46.5. The molecule has 1 aliphatic rings. The summed E-state index contributed by atoms with van der Waals surface area (Å²) >= 11 is 0. The lowest BCUT2D eigenvalue weighted by Gasteiger charge is -2.36. The Bertz CT molecular complexity index is 1580. The summed E-state index contributed by atoms with van der Waals surface area (Å²) in [7, 11) is 0. The number of amides is 2. The van der Waals surface area contributed by atoms with E-state index < -0.39 is 48.2 Å². The van der Waals surface area contributed by atoms with E-state index in [1.807, 2.05) is 24.3 Å². The molecule has 2 amide bonds. The van der Waals surface area contributed by atoms with Crippen molar-refractivity contribution in [3.05, 3.63) is 41.7 Å². The molecule has 1 saturated heterocycles. The van der Waals surface area contributed by atoms with Crippen LogP contribution in [0.5, 0.6) is 5.75 Å². The minimum Gasteiger partial charge on any atom is -0.491 e. The number of benzene rings is 1. The van der Waals surface area contributed by atoms with E-state index in [9.17, 15) is 24.9 Å². The van der Waals surface area contributed by atoms with Crippen LogP contribution in [0.2, 0.25) is 0 Å². The number of carbonyl (C=O) groups is 2. The van der Waals surface area contributed by atoms with Crippen molar-refractivity contribution in [2.24, 2.45) is 5.11 Å². The number of carbonyl (C=O) groups excluding carboxylic acids is 2. The second kappa shape index (κ2) is 31.6. The summed E-state index contributed by atoms with van der Waals surface area (Å²) in [4.78, 5) is 28.5. The molecule has 1 unspecified atom stereocenters. The van der Waals surface area contributed by atoms with Crippen LogP contribution in [0.1, 0.15) is 38.4 Å². The third kappa shape index (κ3) is 24.4. The van der Waals surface area contributed by atoms with E-state index in [2.05, 4.69) is 31.0 Å². The van der Waals surface area contributed by atoms with E-state index in [0.29, 0.717) is 110 Å². The van der Waals surface area contributed by atoms with Crippen molar-refractivity contribution in [2.45, 2.75) is 82.8 Å². The fourth-order valence-corrected chi connectivity index (χ4v) is 5.61. The van der Waals surface area contributed by atoms with Gasteiger partial charge in [0, 0.05) is 25.6 Å². The number of nitrogens with one attached hydrogen (secondary N) is 3. The minimum atomic E-state index is -1.16. The number of ether oxygens (including phenoxy) is 10. The molecule has 2 aromatic rings. The largest absolute Gasteiger partial charge is 0.491 e. The number of aromatic nitrogens is 3. The zero-order valence-electron chi connectivity index (χ0n) is 36.6. The van der Waals surface area contributed by atoms with Gasteiger partial charge < -0.3 is 73.3 Å². The summed E-state index contributed by atoms with van der Waals surface area (Å²) in [6.07, 6.45) is -1.99. The Morgan fingerprint density at radius 3 is 2.16 bits per heavy atom. The molecule has 0 bridgehead atoms. The molecule has 1 aliphatic heterocycles. The Balaban J connectivity index is 1.21. The Morgan fingerprint density at radius 2 is 1.52 bits per heavy atom. The quantitative estimate of drug-likeness (QED) is 0.0305. The van der Waals surface area contributed by atoms with Crippen LogP contribution in [0.15, 0.2) is 35.6 Å². The van der Waals surface area contributed by atoms with Crippen LogP contribution in [0, 0.1) is 5.53 Å². The molecule has 5 atom stereocenters. The molecule has 3 rings (SSSR count). The van der Waals surface area contributed by atoms with Gasteiger partial charge in [0.05, 0.1) is 117 Å². The maximum atomic E-state index is 13.1. The van der Waals surface area contributed by atoms with Gasteiger partial charge in [-0.05, 0) is 44.9 Å². The third-order valence-corrected chi connectivity index (χ3v) is 8.71. The SMILES string of the molecule is CC(C)(C)OC(=O)N[C@@H](Cc1cn(CCOCCOCCOCCOc2ccc(CCOC3O[C@H](CO)C[C@H](O)[C@H]3O)cc2)nn1)C(=O)NCCOCCOCCOCCN=[N+]=N. The summed E-state index contributed by atoms with van der Waals surface area (Å²) < 4.78 is 56.8. The zero-order valence-corrected chi connectivity index (χ0v) is 36.6. The van der Waals surface area contributed by atoms with Crippen molar-refractivity contribution < 1.29 is 72.3 Å². The van der Waals surface area contributed by atoms with Gasteiger partial charge in [-0.2, -0.15) is 0 Å². The topological polar surface area (TPSA) is 292 Å². The highest BCUT2D eigenvalue weighted by Gasteiger charge is 2.37. The van der Waals surface area contributed by atoms with Crippen molar-refractivity contribution in [1.82, 2.24) is 30.5 Å². The summed E-state index contributed by atoms with van der Waals surface area (Å²) in [6, 6.07) is 6.55. The summed E-state index contributed by atoms with van der Waals surface area (Å²) in [5.74, 6) is 0.262. The van der Waals surface area contributed by atoms with Crippen molar-refractivity contribution in [3.63, 3.8) is 0 Å². The van der Waals surface area contributed by atoms with Gasteiger partial charge in [-0.3, -0.25) is 4.79 Å². The second-order valence-corrected chi connectivity index (χ2v) is 15.0. The highest BCUT2D eigenvalue weighted by molar-refractivity contribution is 5.85. The first-order chi connectivity index (χ1) is 30.5. The number of aliphatic hydroxyl groups is 3. The lowest BCUT2D eigenvalue weighted by Crippen LogP contribution is -2.50. The van der Waals surface area contributed by atoms with Crippen LogP contribution in [-0.4, -0.2) is 191 Å². The Labute approximate surface area is 367 Å². The van der Waals surface area contributed by atoms with Crippen LogP contribution in [0.3, 0.4) is 0 Å². The minimum absolute atomic E-state index is 0.0765. The van der Waals surface area contributed by atoms with Gasteiger partial charge in [0.2, 0.25) is 10.8 Å². The Morgan fingerprint density at radius 1 is 0.905 bits per heavy atom. The van der Waals surface area contributed by atoms with E-state index >= 15 is 0 Å². The first-order valence-electron chi connectivity index (χ1n) is 21.1. The molecule has 356 valence electrons. The van der Waals surface area contributed by atoms with E-state index in [1.54, 1.807) is 31.6 Å². The highest BCUT2D eigenvalue weighted by atomic mass is 16.7. The Hall–Kier alpha value is -4.23. The van der Waals surface area contributed by atoms with Crippen LogP contribution in [0.4, 0.5) is 4.79 Å². The molecule has 6 N–H and O–H groups in total. The van der Waals surface area contributed by atoms with Crippen molar-refractivity contribution in [1.29, 1.82) is 5.53 Å². The molecule has 1 aromatic heterocycles. The monoisotopic (exact) mass is 899 g/mol. The molecule has 23 heteroatoms. The Kier molecular flexibility index (Phi) is 26.6. The van der Waals surface area contributed by atoms with Gasteiger partial charge >= 0.3 is 6.09 Å². The molecule has 0 radical (unpaired) electrons. The van der Waals surface area contributed by atoms with Gasteiger partial charge in [-0.25, -0.2) is 9.48 Å². The molecule has 0 saturated carbocycles. The van der Waals surface area contributed by atoms with Gasteiger partial charge in [0.1, 0.15) is 47.3 Å². The van der Waals surface area contributed by atoms with Crippen LogP contribution in [0.25, 0.3) is 0 Å². The molecule has 1 fully saturated rings. The predicted octanol–water partition coefficient (Wildman–Crippen LogP) is -0.0527. The molecule has 1 aromatic carbocycles. The first-order valence-corrected chi connectivity index (χ1v) is 21.1. The van der Waals surface area contributed by atoms with E-state index in [4.69, 9.17) is 52.9 Å². The normalized spacial score (nSPS) is 18.1. The van der Waals surface area contributed by atoms with Gasteiger partial charge in [0.15, 0.2) is 6.29 Å². The van der Waals surface area contributed by atoms with Crippen molar-refractivity contribution in [2.75, 3.05) is 112 Å². The standard InChI is InChI=1S/C40H66N8O15/c1-40(2,3)63-39(53)44-34(37(52)42-9-13-54-16-19-57-20-17-55-14-10-43-46-41)26-31-28-48(47-45-31)11-15-56-18-21-58-22-23-59-24-25-60-32-6-4-30(5-7-32)8-12-61-38-36(51)35(50)27-33(29-49)62-38/h4-7,28,33-36,38,41,49-51H,8-27,29H2,1-3H3,(H-,42,44,52,53)/p+1/t33-,34-,35-,36+,38?/m0/s1. The average molecular weight is 900 g/mol. The maximum Gasteiger partial charge on any atom is 0.408 e. The fourth-order valence-electron chi connectivity index (χ4n) is 5.61. The fraction of sp³-hybridized carbons (Fsp3) is 0.750. The summed E-state index contributed by atoms with van der Waals surface area (Å²) in [6.45, 7) is 10.8. The van der Waals surface area contributed by atoms with Crippen molar-refractivity contribution >= 4 is 12.0 Å². The lowest BCUT2D eigenvalue weighted by atomic mass is 10.0. The maximum absolute atomic E-state index is 13.1. The average Bonchev–Trinajstić information content (AvgIpc) is 3.70. The van der Waals surface area contributed by atoms with E-state index in [-0.39, 0.29) is 39.2 Å². The summed E-state index contributed by atoms with van der Waals surface area (Å²) in [5.41, 5.74) is 7.31. The number of hydrogen-bond acceptors (Lipinski definition) is 19. The van der Waals surface area contributed by atoms with Crippen LogP contribution < -0.4 is 20.3 Å². The van der Waals surface area contributed by atoms with Gasteiger partial charge in [-0.15, -0.1) is 5.10 Å². The number of nitrogens with zero attached hydrogens (tertiary/aromatic N) is 5. The van der Waals surface area contributed by atoms with Crippen LogP contribution in [-0.2, 0) is 66.8 Å². The molecule has 0 spiro atoms. The molecule has 23 nitrogen and oxygen atoms in total. The number of hydrogen-bond donors (Lipinski definition) is 6. The highest BCUT2D eigenvalue weighted by Crippen LogP contribution is 2.21. The lowest BCUT2D eigenvalue weighted by molar-refractivity contribution is -0.270. The third-order valence-electron chi connectivity index (χ3n) is 8.71. The van der Waals surface area contributed by atoms with Gasteiger partial charge in [-0.1, -0.05) is 17.3 Å². The number of aliphatic hydroxyl groups excluding tert-OH is 3. The smallest absolute Gasteiger partial charge is 0.408 e. The molecular formula is C40H67N8O15+. The molecule has 63 heavy (non-hydrogen) atoms. The van der Waals surface area contributed by atoms with Crippen molar-refractivity contribution in [3.8, 4) is 5.75 Å². The zero-order chi connectivity index (χ0) is 45.5. The first kappa shape index (κ1) is 53.1. The van der Waals surface area contributed by atoms with Gasteiger partial charge in [0.25, 0.3) is 0 Å². The van der Waals surface area contributed by atoms with E-state index in [0.717, 1.165) is 5.56 Å². The molecule has 2 heterocycles. The number of alkyl carbamates (subject to hydrolysis) is 1. The molecular weight excluding hydrogens is 832 g/mol. The second-order valence-electron chi connectivity index (χ2n) is 15.0. The van der Waals surface area contributed by atoms with E-state index in [1.165, 1.54) is 0 Å². The predicted molar refractivity (Wildman–Crippen MR) is 221 cm³/mol. The number of rotatable bonds is 34. The molecule has 0 aliphatic carbocycles.